The molecule has 2 N–H and O–H groups in total. The van der Waals surface area contributed by atoms with Crippen molar-refractivity contribution < 1.29 is 19.0 Å². The fraction of sp³-hybridized carbons (Fsp3) is 0.348. The van der Waals surface area contributed by atoms with Crippen molar-refractivity contribution in [3.05, 3.63) is 68.7 Å². The molecule has 0 bridgehead atoms. The Hall–Kier alpha value is -2.23. The van der Waals surface area contributed by atoms with E-state index in [4.69, 9.17) is 39.5 Å². The van der Waals surface area contributed by atoms with Gasteiger partial charge in [0.05, 0.1) is 11.4 Å². The monoisotopic (exact) mass is 528 g/mol. The van der Waals surface area contributed by atoms with E-state index in [-0.39, 0.29) is 29.7 Å². The second-order valence-corrected chi connectivity index (χ2v) is 8.77. The number of nitrogens with zero attached hydrogens (tertiary/aromatic N) is 3. The predicted octanol–water partition coefficient (Wildman–Crippen LogP) is 5.04. The van der Waals surface area contributed by atoms with Gasteiger partial charge in [-0.3, -0.25) is 4.79 Å². The number of carbonyl (C=O) groups is 1. The molecule has 1 aromatic heterocycles. The lowest BCUT2D eigenvalue weighted by Gasteiger charge is -2.11. The first-order valence-corrected chi connectivity index (χ1v) is 11.8. The molecule has 1 unspecified atom stereocenters. The van der Waals surface area contributed by atoms with Gasteiger partial charge in [-0.05, 0) is 61.7 Å². The van der Waals surface area contributed by atoms with Gasteiger partial charge in [0, 0.05) is 35.3 Å². The first-order chi connectivity index (χ1) is 16.2. The number of carbonyl (C=O) groups excluding carboxylic acids is 1. The van der Waals surface area contributed by atoms with E-state index in [0.29, 0.717) is 47.4 Å². The largest absolute Gasteiger partial charge is 0.368 e. The van der Waals surface area contributed by atoms with E-state index in [1.54, 1.807) is 35.9 Å². The maximum Gasteiger partial charge on any atom is 0.227 e. The summed E-state index contributed by atoms with van der Waals surface area (Å²) in [4.78, 5) is 17.1. The van der Waals surface area contributed by atoms with Gasteiger partial charge >= 0.3 is 0 Å². The molecule has 0 spiro atoms. The van der Waals surface area contributed by atoms with Crippen LogP contribution in [-0.2, 0) is 29.0 Å². The van der Waals surface area contributed by atoms with E-state index in [1.165, 1.54) is 12.1 Å². The van der Waals surface area contributed by atoms with Gasteiger partial charge in [0.15, 0.2) is 12.1 Å². The van der Waals surface area contributed by atoms with Crippen molar-refractivity contribution in [3.63, 3.8) is 0 Å². The van der Waals surface area contributed by atoms with Crippen LogP contribution in [0.1, 0.15) is 31.2 Å². The fourth-order valence-corrected chi connectivity index (χ4v) is 3.94. The number of nitrogens with one attached hydrogen (secondary N) is 1. The topological polar surface area (TPSA) is 89.3 Å². The molecule has 1 amide bonds. The molecule has 3 aromatic rings. The van der Waals surface area contributed by atoms with Gasteiger partial charge in [-0.15, -0.1) is 0 Å². The Labute approximate surface area is 211 Å². The Morgan fingerprint density at radius 2 is 1.94 bits per heavy atom. The van der Waals surface area contributed by atoms with Crippen LogP contribution in [0.2, 0.25) is 15.1 Å². The molecule has 3 rings (SSSR count). The maximum atomic E-state index is 13.9. The van der Waals surface area contributed by atoms with Gasteiger partial charge in [-0.2, -0.15) is 5.10 Å². The summed E-state index contributed by atoms with van der Waals surface area (Å²) in [6, 6.07) is 9.32. The Balaban J connectivity index is 1.73. The zero-order valence-corrected chi connectivity index (χ0v) is 20.7. The highest BCUT2D eigenvalue weighted by Gasteiger charge is 2.17. The average molecular weight is 530 g/mol. The van der Waals surface area contributed by atoms with Crippen LogP contribution in [0.4, 0.5) is 4.39 Å². The number of amides is 1. The van der Waals surface area contributed by atoms with Crippen molar-refractivity contribution in [2.24, 2.45) is 0 Å². The minimum Gasteiger partial charge on any atom is -0.368 e. The second-order valence-electron chi connectivity index (χ2n) is 7.49. The number of aliphatic hydroxyl groups is 1. The van der Waals surface area contributed by atoms with Crippen LogP contribution >= 0.6 is 34.8 Å². The summed E-state index contributed by atoms with van der Waals surface area (Å²) in [5.41, 5.74) is 1.19. The van der Waals surface area contributed by atoms with Gasteiger partial charge in [-0.1, -0.05) is 34.8 Å². The lowest BCUT2D eigenvalue weighted by Crippen LogP contribution is -2.26. The van der Waals surface area contributed by atoms with E-state index < -0.39 is 12.1 Å². The summed E-state index contributed by atoms with van der Waals surface area (Å²) in [6.07, 6.45) is -0.00525. The quantitative estimate of drug-likeness (QED) is 0.340. The molecular formula is C23H24Cl3FN4O3. The molecule has 0 fully saturated rings. The summed E-state index contributed by atoms with van der Waals surface area (Å²) < 4.78 is 20.7. The smallest absolute Gasteiger partial charge is 0.227 e. The van der Waals surface area contributed by atoms with E-state index in [0.717, 1.165) is 5.56 Å². The molecule has 2 aromatic carbocycles. The minimum atomic E-state index is -0.880. The fourth-order valence-electron chi connectivity index (χ4n) is 3.25. The Morgan fingerprint density at radius 3 is 2.62 bits per heavy atom. The molecule has 34 heavy (non-hydrogen) atoms. The number of aliphatic hydroxyl groups excluding tert-OH is 1. The number of halogens is 4. The molecule has 0 radical (unpaired) electrons. The molecular weight excluding hydrogens is 506 g/mol. The summed E-state index contributed by atoms with van der Waals surface area (Å²) >= 11 is 17.8. The third-order valence-corrected chi connectivity index (χ3v) is 5.58. The molecule has 0 aliphatic carbocycles. The summed E-state index contributed by atoms with van der Waals surface area (Å²) in [5.74, 6) is -0.203. The molecule has 1 atom stereocenters. The number of aromatic nitrogens is 3. The number of hydrogen-bond donors (Lipinski definition) is 2. The van der Waals surface area contributed by atoms with Gasteiger partial charge in [0.2, 0.25) is 5.91 Å². The molecule has 0 aliphatic rings. The maximum absolute atomic E-state index is 13.9. The third kappa shape index (κ3) is 7.65. The first-order valence-electron chi connectivity index (χ1n) is 10.7. The van der Waals surface area contributed by atoms with E-state index in [1.807, 2.05) is 0 Å². The molecule has 0 aliphatic heterocycles. The zero-order valence-electron chi connectivity index (χ0n) is 18.4. The van der Waals surface area contributed by atoms with E-state index in [2.05, 4.69) is 15.4 Å². The number of aryl methyl sites for hydroxylation is 1. The Morgan fingerprint density at radius 1 is 1.21 bits per heavy atom. The lowest BCUT2D eigenvalue weighted by atomic mass is 10.2. The van der Waals surface area contributed by atoms with Crippen molar-refractivity contribution in [1.82, 2.24) is 20.1 Å². The molecule has 0 saturated carbocycles. The summed E-state index contributed by atoms with van der Waals surface area (Å²) in [5, 5.41) is 18.0. The standard InChI is InChI=1S/C23H24Cl3FN4O3/c1-2-34-22(33)4-3-7-31-20(29-23(30-31)15-5-6-18(26)19(27)10-15)12-21(32)28-13-14-8-16(24)11-17(25)9-14/h5-6,8-11,22,33H,2-4,7,12-13H2,1H3,(H,28,32). The highest BCUT2D eigenvalue weighted by Crippen LogP contribution is 2.23. The Kier molecular flexibility index (Phi) is 9.67. The van der Waals surface area contributed by atoms with E-state index in [9.17, 15) is 14.3 Å². The van der Waals surface area contributed by atoms with Gasteiger partial charge in [-0.25, -0.2) is 14.1 Å². The molecule has 7 nitrogen and oxygen atoms in total. The van der Waals surface area contributed by atoms with Crippen molar-refractivity contribution in [2.45, 2.75) is 45.6 Å². The van der Waals surface area contributed by atoms with Crippen molar-refractivity contribution >= 4 is 40.7 Å². The number of benzene rings is 2. The average Bonchev–Trinajstić information content (AvgIpc) is 3.16. The van der Waals surface area contributed by atoms with Crippen molar-refractivity contribution in [1.29, 1.82) is 0 Å². The molecule has 1 heterocycles. The van der Waals surface area contributed by atoms with Gasteiger partial charge < -0.3 is 15.2 Å². The van der Waals surface area contributed by atoms with Gasteiger partial charge in [0.1, 0.15) is 11.6 Å². The van der Waals surface area contributed by atoms with Crippen LogP contribution in [0, 0.1) is 5.82 Å². The van der Waals surface area contributed by atoms with Crippen molar-refractivity contribution in [2.75, 3.05) is 6.61 Å². The second kappa shape index (κ2) is 12.5. The number of hydrogen-bond acceptors (Lipinski definition) is 5. The van der Waals surface area contributed by atoms with Crippen LogP contribution in [0.15, 0.2) is 36.4 Å². The van der Waals surface area contributed by atoms with Crippen molar-refractivity contribution in [3.8, 4) is 11.4 Å². The van der Waals surface area contributed by atoms with Crippen LogP contribution in [0.5, 0.6) is 0 Å². The third-order valence-electron chi connectivity index (χ3n) is 4.84. The minimum absolute atomic E-state index is 0.00573. The van der Waals surface area contributed by atoms with E-state index >= 15 is 0 Å². The highest BCUT2D eigenvalue weighted by atomic mass is 35.5. The van der Waals surface area contributed by atoms with Crippen LogP contribution < -0.4 is 5.32 Å². The van der Waals surface area contributed by atoms with Gasteiger partial charge in [0.25, 0.3) is 0 Å². The molecule has 182 valence electrons. The number of ether oxygens (including phenoxy) is 1. The first kappa shape index (κ1) is 26.4. The zero-order chi connectivity index (χ0) is 24.7. The molecule has 11 heteroatoms. The summed E-state index contributed by atoms with van der Waals surface area (Å²) in [7, 11) is 0. The highest BCUT2D eigenvalue weighted by molar-refractivity contribution is 6.34. The molecule has 0 saturated heterocycles. The summed E-state index contributed by atoms with van der Waals surface area (Å²) in [6.45, 7) is 2.83. The van der Waals surface area contributed by atoms with Crippen LogP contribution in [-0.4, -0.2) is 38.7 Å². The Bertz CT molecular complexity index is 1120. The van der Waals surface area contributed by atoms with Crippen LogP contribution in [0.25, 0.3) is 11.4 Å². The van der Waals surface area contributed by atoms with Crippen LogP contribution in [0.3, 0.4) is 0 Å². The normalized spacial score (nSPS) is 12.1. The number of rotatable bonds is 11. The SMILES string of the molecule is CCOC(O)CCCn1nc(-c2ccc(Cl)c(F)c2)nc1CC(=O)NCc1cc(Cl)cc(Cl)c1. The lowest BCUT2D eigenvalue weighted by molar-refractivity contribution is -0.120. The predicted molar refractivity (Wildman–Crippen MR) is 129 cm³/mol.